The van der Waals surface area contributed by atoms with Crippen molar-refractivity contribution in [3.8, 4) is 17.1 Å². The van der Waals surface area contributed by atoms with Crippen molar-refractivity contribution >= 4 is 28.9 Å². The fourth-order valence-corrected chi connectivity index (χ4v) is 2.86. The van der Waals surface area contributed by atoms with Gasteiger partial charge < -0.3 is 5.32 Å². The number of hydrogen-bond acceptors (Lipinski definition) is 5. The summed E-state index contributed by atoms with van der Waals surface area (Å²) in [6.45, 7) is 0. The lowest BCUT2D eigenvalue weighted by atomic mass is 10.2. The third-order valence-corrected chi connectivity index (χ3v) is 4.26. The molecule has 2 heterocycles. The molecule has 2 aromatic carbocycles. The van der Waals surface area contributed by atoms with Crippen molar-refractivity contribution in [2.45, 2.75) is 0 Å². The lowest BCUT2D eigenvalue weighted by molar-refractivity contribution is 0.0934. The van der Waals surface area contributed by atoms with E-state index in [0.717, 1.165) is 11.3 Å². The van der Waals surface area contributed by atoms with Gasteiger partial charge in [-0.3, -0.25) is 20.6 Å². The van der Waals surface area contributed by atoms with E-state index in [4.69, 9.17) is 12.2 Å². The van der Waals surface area contributed by atoms with Gasteiger partial charge in [0.05, 0.1) is 11.9 Å². The largest absolute Gasteiger partial charge is 0.331 e. The van der Waals surface area contributed by atoms with Crippen LogP contribution in [0.15, 0.2) is 85.2 Å². The number of thiocarbonyl (C=S) groups is 1. The second kappa shape index (κ2) is 8.93. The molecule has 0 bridgehead atoms. The Labute approximate surface area is 178 Å². The highest BCUT2D eigenvalue weighted by molar-refractivity contribution is 7.80. The van der Waals surface area contributed by atoms with Crippen molar-refractivity contribution in [2.24, 2.45) is 0 Å². The summed E-state index contributed by atoms with van der Waals surface area (Å²) >= 11 is 5.20. The lowest BCUT2D eigenvalue weighted by Crippen LogP contribution is -2.44. The van der Waals surface area contributed by atoms with Gasteiger partial charge in [0.25, 0.3) is 0 Å². The SMILES string of the molecule is O=C(NNC(=S)Nc1ccccc1)c1nc(-c2ccccc2)n(-c2cccnc2)n1. The van der Waals surface area contributed by atoms with Crippen LogP contribution in [0.1, 0.15) is 10.6 Å². The predicted molar refractivity (Wildman–Crippen MR) is 118 cm³/mol. The Morgan fingerprint density at radius 2 is 1.63 bits per heavy atom. The molecule has 0 aliphatic carbocycles. The summed E-state index contributed by atoms with van der Waals surface area (Å²) in [6.07, 6.45) is 3.32. The first-order valence-electron chi connectivity index (χ1n) is 9.06. The van der Waals surface area contributed by atoms with Crippen LogP contribution in [0.4, 0.5) is 5.69 Å². The number of nitrogens with one attached hydrogen (secondary N) is 3. The summed E-state index contributed by atoms with van der Waals surface area (Å²) in [5.41, 5.74) is 7.49. The Bertz CT molecular complexity index is 1090. The second-order valence-corrected chi connectivity index (χ2v) is 6.56. The van der Waals surface area contributed by atoms with E-state index in [0.29, 0.717) is 11.5 Å². The molecule has 0 unspecified atom stereocenters. The Balaban J connectivity index is 1.53. The van der Waals surface area contributed by atoms with Gasteiger partial charge in [-0.25, -0.2) is 9.67 Å². The summed E-state index contributed by atoms with van der Waals surface area (Å²) < 4.78 is 1.58. The number of hydrogen-bond donors (Lipinski definition) is 3. The molecular weight excluding hydrogens is 398 g/mol. The number of benzene rings is 2. The van der Waals surface area contributed by atoms with Gasteiger partial charge in [0, 0.05) is 17.4 Å². The molecule has 0 saturated carbocycles. The van der Waals surface area contributed by atoms with E-state index in [1.807, 2.05) is 66.7 Å². The Hall–Kier alpha value is -4.11. The molecule has 4 aromatic rings. The fraction of sp³-hybridized carbons (Fsp3) is 0. The van der Waals surface area contributed by atoms with E-state index in [-0.39, 0.29) is 10.9 Å². The molecule has 0 radical (unpaired) electrons. The average molecular weight is 415 g/mol. The maximum Gasteiger partial charge on any atom is 0.309 e. The van der Waals surface area contributed by atoms with Gasteiger partial charge in [-0.05, 0) is 36.5 Å². The first kappa shape index (κ1) is 19.2. The Morgan fingerprint density at radius 3 is 2.33 bits per heavy atom. The summed E-state index contributed by atoms with van der Waals surface area (Å²) in [4.78, 5) is 21.2. The highest BCUT2D eigenvalue weighted by atomic mass is 32.1. The van der Waals surface area contributed by atoms with Crippen molar-refractivity contribution < 1.29 is 4.79 Å². The van der Waals surface area contributed by atoms with Crippen LogP contribution in [0.5, 0.6) is 0 Å². The summed E-state index contributed by atoms with van der Waals surface area (Å²) in [6, 6.07) is 22.5. The third-order valence-electron chi connectivity index (χ3n) is 4.05. The summed E-state index contributed by atoms with van der Waals surface area (Å²) in [7, 11) is 0. The van der Waals surface area contributed by atoms with Crippen LogP contribution in [0, 0.1) is 0 Å². The maximum absolute atomic E-state index is 12.6. The van der Waals surface area contributed by atoms with Crippen molar-refractivity contribution in [1.82, 2.24) is 30.6 Å². The Morgan fingerprint density at radius 1 is 0.900 bits per heavy atom. The normalized spacial score (nSPS) is 10.3. The monoisotopic (exact) mass is 415 g/mol. The van der Waals surface area contributed by atoms with Crippen molar-refractivity contribution in [1.29, 1.82) is 0 Å². The number of nitrogens with zero attached hydrogens (tertiary/aromatic N) is 4. The van der Waals surface area contributed by atoms with Crippen LogP contribution in [-0.4, -0.2) is 30.8 Å². The molecule has 30 heavy (non-hydrogen) atoms. The molecule has 8 nitrogen and oxygen atoms in total. The van der Waals surface area contributed by atoms with Crippen molar-refractivity contribution in [2.75, 3.05) is 5.32 Å². The van der Waals surface area contributed by atoms with E-state index < -0.39 is 5.91 Å². The minimum atomic E-state index is -0.521. The standard InChI is InChI=1S/C21H17N7OS/c29-20(25-26-21(30)23-16-10-5-2-6-11-16)18-24-19(15-8-3-1-4-9-15)28(27-18)17-12-7-13-22-14-17/h1-14H,(H,25,29)(H2,23,26,30). The number of hydrazine groups is 1. The molecule has 148 valence electrons. The molecule has 9 heteroatoms. The van der Waals surface area contributed by atoms with Crippen LogP contribution < -0.4 is 16.2 Å². The highest BCUT2D eigenvalue weighted by Gasteiger charge is 2.19. The van der Waals surface area contributed by atoms with Gasteiger partial charge in [0.1, 0.15) is 0 Å². The third kappa shape index (κ3) is 4.47. The molecule has 1 amide bonds. The van der Waals surface area contributed by atoms with Crippen molar-refractivity contribution in [3.63, 3.8) is 0 Å². The van der Waals surface area contributed by atoms with Gasteiger partial charge >= 0.3 is 5.91 Å². The van der Waals surface area contributed by atoms with E-state index in [2.05, 4.69) is 31.2 Å². The summed E-state index contributed by atoms with van der Waals surface area (Å²) in [5, 5.41) is 7.58. The molecule has 3 N–H and O–H groups in total. The van der Waals surface area contributed by atoms with Crippen LogP contribution in [0.3, 0.4) is 0 Å². The smallest absolute Gasteiger partial charge is 0.309 e. The van der Waals surface area contributed by atoms with Gasteiger partial charge in [0.15, 0.2) is 10.9 Å². The van der Waals surface area contributed by atoms with E-state index in [1.54, 1.807) is 23.1 Å². The number of aromatic nitrogens is 4. The van der Waals surface area contributed by atoms with E-state index in [9.17, 15) is 4.79 Å². The zero-order valence-electron chi connectivity index (χ0n) is 15.7. The molecule has 0 spiro atoms. The average Bonchev–Trinajstić information content (AvgIpc) is 3.25. The zero-order valence-corrected chi connectivity index (χ0v) is 16.5. The van der Waals surface area contributed by atoms with E-state index in [1.165, 1.54) is 0 Å². The topological polar surface area (TPSA) is 96.8 Å². The van der Waals surface area contributed by atoms with Crippen molar-refractivity contribution in [3.05, 3.63) is 91.0 Å². The number of anilines is 1. The maximum atomic E-state index is 12.6. The molecule has 0 saturated heterocycles. The van der Waals surface area contributed by atoms with Gasteiger partial charge in [-0.2, -0.15) is 0 Å². The molecule has 4 rings (SSSR count). The quantitative estimate of drug-likeness (QED) is 0.348. The molecule has 2 aromatic heterocycles. The van der Waals surface area contributed by atoms with Gasteiger partial charge in [-0.1, -0.05) is 48.5 Å². The zero-order chi connectivity index (χ0) is 20.8. The first-order chi connectivity index (χ1) is 14.7. The first-order valence-corrected chi connectivity index (χ1v) is 9.47. The number of amides is 1. The van der Waals surface area contributed by atoms with Crippen LogP contribution in [0.25, 0.3) is 17.1 Å². The minimum Gasteiger partial charge on any atom is -0.331 e. The number of para-hydroxylation sites is 1. The molecule has 0 aliphatic rings. The highest BCUT2D eigenvalue weighted by Crippen LogP contribution is 2.20. The van der Waals surface area contributed by atoms with Crippen LogP contribution >= 0.6 is 12.2 Å². The fourth-order valence-electron chi connectivity index (χ4n) is 2.69. The second-order valence-electron chi connectivity index (χ2n) is 6.15. The van der Waals surface area contributed by atoms with Crippen LogP contribution in [0.2, 0.25) is 0 Å². The predicted octanol–water partition coefficient (Wildman–Crippen LogP) is 2.96. The number of carbonyl (C=O) groups is 1. The summed E-state index contributed by atoms with van der Waals surface area (Å²) in [5.74, 6) is -0.00140. The lowest BCUT2D eigenvalue weighted by Gasteiger charge is -2.10. The molecular formula is C21H17N7OS. The Kier molecular flexibility index (Phi) is 5.72. The molecule has 0 fully saturated rings. The minimum absolute atomic E-state index is 0.00674. The molecule has 0 aliphatic heterocycles. The van der Waals surface area contributed by atoms with Crippen LogP contribution in [-0.2, 0) is 0 Å². The number of pyridine rings is 1. The molecule has 0 atom stereocenters. The number of carbonyl (C=O) groups excluding carboxylic acids is 1. The van der Waals surface area contributed by atoms with E-state index >= 15 is 0 Å². The number of rotatable bonds is 4. The van der Waals surface area contributed by atoms with Gasteiger partial charge in [0.2, 0.25) is 5.82 Å². The van der Waals surface area contributed by atoms with Gasteiger partial charge in [-0.15, -0.1) is 5.10 Å².